The number of halogens is 2. The molecule has 12 heteroatoms. The third-order valence-electron chi connectivity index (χ3n) is 7.89. The van der Waals surface area contributed by atoms with Crippen molar-refractivity contribution in [2.45, 2.75) is 35.3 Å². The van der Waals surface area contributed by atoms with Crippen LogP contribution in [0.4, 0.5) is 10.2 Å². The summed E-state index contributed by atoms with van der Waals surface area (Å²) in [5.74, 6) is 0.405. The summed E-state index contributed by atoms with van der Waals surface area (Å²) < 4.78 is 26.7. The van der Waals surface area contributed by atoms with Gasteiger partial charge in [-0.25, -0.2) is 19.3 Å². The molecular formula is C28H28ClFN6O3S. The van der Waals surface area contributed by atoms with Gasteiger partial charge in [-0.05, 0) is 31.0 Å². The van der Waals surface area contributed by atoms with Crippen molar-refractivity contribution in [1.29, 1.82) is 0 Å². The first-order valence-electron chi connectivity index (χ1n) is 13.0. The molecule has 6 rings (SSSR count). The van der Waals surface area contributed by atoms with Crippen LogP contribution in [0.2, 0.25) is 5.02 Å². The number of ether oxygens (including phenoxy) is 2. The SMILES string of the molecule is COc1cccc(Cn2cnc3ccc(Sc4cnc(N5CCC6(CC5)COC[C@H]6N)cn4)c(Cl)c3c2=O)c1F. The van der Waals surface area contributed by atoms with Gasteiger partial charge < -0.3 is 20.1 Å². The van der Waals surface area contributed by atoms with Crippen LogP contribution < -0.4 is 20.9 Å². The Morgan fingerprint density at radius 3 is 2.73 bits per heavy atom. The normalized spacial score (nSPS) is 18.5. The van der Waals surface area contributed by atoms with Crippen molar-refractivity contribution in [3.05, 3.63) is 75.8 Å². The fourth-order valence-corrected chi connectivity index (χ4v) is 6.52. The maximum atomic E-state index is 14.7. The quantitative estimate of drug-likeness (QED) is 0.359. The van der Waals surface area contributed by atoms with Gasteiger partial charge in [-0.1, -0.05) is 35.5 Å². The first-order valence-corrected chi connectivity index (χ1v) is 14.2. The van der Waals surface area contributed by atoms with Crippen LogP contribution in [0.25, 0.3) is 10.9 Å². The highest BCUT2D eigenvalue weighted by Gasteiger charge is 2.44. The van der Waals surface area contributed by atoms with E-state index in [4.69, 9.17) is 26.8 Å². The van der Waals surface area contributed by atoms with E-state index in [0.29, 0.717) is 27.6 Å². The van der Waals surface area contributed by atoms with E-state index in [1.807, 2.05) is 0 Å². The first kappa shape index (κ1) is 26.9. The summed E-state index contributed by atoms with van der Waals surface area (Å²) in [6.07, 6.45) is 6.80. The minimum Gasteiger partial charge on any atom is -0.494 e. The number of rotatable bonds is 6. The minimum atomic E-state index is -0.519. The molecule has 40 heavy (non-hydrogen) atoms. The van der Waals surface area contributed by atoms with Gasteiger partial charge in [0.05, 0.1) is 61.5 Å². The molecule has 2 N–H and O–H groups in total. The molecular weight excluding hydrogens is 555 g/mol. The summed E-state index contributed by atoms with van der Waals surface area (Å²) in [7, 11) is 1.40. The van der Waals surface area contributed by atoms with Gasteiger partial charge in [0.1, 0.15) is 10.8 Å². The molecule has 2 fully saturated rings. The number of aromatic nitrogens is 4. The third-order valence-corrected chi connectivity index (χ3v) is 9.37. The number of hydrogen-bond acceptors (Lipinski definition) is 9. The molecule has 4 aromatic rings. The highest BCUT2D eigenvalue weighted by molar-refractivity contribution is 7.99. The second-order valence-electron chi connectivity index (χ2n) is 10.2. The van der Waals surface area contributed by atoms with Crippen LogP contribution in [0.3, 0.4) is 0 Å². The molecule has 2 aromatic heterocycles. The van der Waals surface area contributed by atoms with Crippen molar-refractivity contribution in [2.75, 3.05) is 38.3 Å². The van der Waals surface area contributed by atoms with Crippen LogP contribution in [0, 0.1) is 11.2 Å². The van der Waals surface area contributed by atoms with E-state index in [0.717, 1.165) is 38.4 Å². The fraction of sp³-hybridized carbons (Fsp3) is 0.357. The summed E-state index contributed by atoms with van der Waals surface area (Å²) in [6.45, 7) is 3.06. The summed E-state index contributed by atoms with van der Waals surface area (Å²) in [5, 5.41) is 1.17. The summed E-state index contributed by atoms with van der Waals surface area (Å²) in [4.78, 5) is 29.9. The van der Waals surface area contributed by atoms with E-state index < -0.39 is 5.82 Å². The number of anilines is 1. The molecule has 0 saturated carbocycles. The molecule has 1 spiro atoms. The smallest absolute Gasteiger partial charge is 0.263 e. The van der Waals surface area contributed by atoms with Gasteiger partial charge in [-0.15, -0.1) is 0 Å². The number of nitrogens with zero attached hydrogens (tertiary/aromatic N) is 5. The Balaban J connectivity index is 1.20. The molecule has 9 nitrogen and oxygen atoms in total. The lowest BCUT2D eigenvalue weighted by Gasteiger charge is -2.41. The Labute approximate surface area is 239 Å². The molecule has 208 valence electrons. The zero-order chi connectivity index (χ0) is 27.9. The average molecular weight is 583 g/mol. The van der Waals surface area contributed by atoms with Crippen LogP contribution in [0.15, 0.2) is 63.8 Å². The molecule has 0 aliphatic carbocycles. The van der Waals surface area contributed by atoms with Crippen LogP contribution in [0.1, 0.15) is 18.4 Å². The largest absolute Gasteiger partial charge is 0.494 e. The van der Waals surface area contributed by atoms with Crippen molar-refractivity contribution in [3.63, 3.8) is 0 Å². The minimum absolute atomic E-state index is 0.0119. The Bertz CT molecular complexity index is 1610. The maximum Gasteiger partial charge on any atom is 0.263 e. The number of nitrogens with two attached hydrogens (primary N) is 1. The highest BCUT2D eigenvalue weighted by Crippen LogP contribution is 2.40. The maximum absolute atomic E-state index is 14.7. The second kappa shape index (κ2) is 11.0. The second-order valence-corrected chi connectivity index (χ2v) is 11.6. The van der Waals surface area contributed by atoms with Gasteiger partial charge in [0, 0.05) is 35.0 Å². The Hall–Kier alpha value is -3.25. The van der Waals surface area contributed by atoms with Crippen LogP contribution in [0.5, 0.6) is 5.75 Å². The number of hydrogen-bond donors (Lipinski definition) is 1. The third kappa shape index (κ3) is 4.91. The fourth-order valence-electron chi connectivity index (χ4n) is 5.40. The number of piperidine rings is 1. The van der Waals surface area contributed by atoms with Crippen molar-refractivity contribution in [1.82, 2.24) is 19.5 Å². The van der Waals surface area contributed by atoms with Gasteiger partial charge in [-0.3, -0.25) is 9.36 Å². The van der Waals surface area contributed by atoms with Gasteiger partial charge >= 0.3 is 0 Å². The lowest BCUT2D eigenvalue weighted by molar-refractivity contribution is 0.131. The lowest BCUT2D eigenvalue weighted by Crippen LogP contribution is -2.49. The van der Waals surface area contributed by atoms with Crippen molar-refractivity contribution in [3.8, 4) is 5.75 Å². The van der Waals surface area contributed by atoms with Crippen molar-refractivity contribution in [2.24, 2.45) is 11.1 Å². The van der Waals surface area contributed by atoms with Gasteiger partial charge in [0.15, 0.2) is 11.6 Å². The first-order chi connectivity index (χ1) is 19.4. The molecule has 4 heterocycles. The van der Waals surface area contributed by atoms with E-state index in [9.17, 15) is 9.18 Å². The number of fused-ring (bicyclic) bond motifs is 1. The topological polar surface area (TPSA) is 108 Å². The monoisotopic (exact) mass is 582 g/mol. The van der Waals surface area contributed by atoms with Crippen LogP contribution in [-0.4, -0.2) is 59.0 Å². The molecule has 0 bridgehead atoms. The Kier molecular flexibility index (Phi) is 7.39. The van der Waals surface area contributed by atoms with Crippen LogP contribution in [-0.2, 0) is 11.3 Å². The molecule has 2 aliphatic heterocycles. The summed E-state index contributed by atoms with van der Waals surface area (Å²) in [5.41, 5.74) is 6.78. The Morgan fingerprint density at radius 1 is 1.20 bits per heavy atom. The van der Waals surface area contributed by atoms with E-state index in [2.05, 4.69) is 19.9 Å². The molecule has 0 amide bonds. The predicted molar refractivity (Wildman–Crippen MR) is 152 cm³/mol. The summed E-state index contributed by atoms with van der Waals surface area (Å²) >= 11 is 8.05. The molecule has 1 atom stereocenters. The van der Waals surface area contributed by atoms with E-state index in [-0.39, 0.29) is 39.7 Å². The predicted octanol–water partition coefficient (Wildman–Crippen LogP) is 4.13. The van der Waals surface area contributed by atoms with E-state index in [1.165, 1.54) is 35.8 Å². The van der Waals surface area contributed by atoms with E-state index in [1.54, 1.807) is 36.7 Å². The standard InChI is InChI=1S/C28H28ClFN6O3S/c1-38-19-4-2-3-17(26(19)30)13-36-16-34-18-5-6-20(25(29)24(18)27(36)37)40-23-12-32-22(11-33-23)35-9-7-28(8-10-35)15-39-14-21(28)31/h2-6,11-12,16,21H,7-10,13-15,31H2,1H3/t21-/m1/s1. The van der Waals surface area contributed by atoms with E-state index >= 15 is 0 Å². The molecule has 2 aromatic carbocycles. The average Bonchev–Trinajstić information content (AvgIpc) is 3.32. The molecule has 0 radical (unpaired) electrons. The van der Waals surface area contributed by atoms with Crippen molar-refractivity contribution < 1.29 is 13.9 Å². The zero-order valence-corrected chi connectivity index (χ0v) is 23.4. The molecule has 0 unspecified atom stereocenters. The lowest BCUT2D eigenvalue weighted by atomic mass is 9.75. The number of methoxy groups -OCH3 is 1. The molecule has 2 saturated heterocycles. The van der Waals surface area contributed by atoms with Crippen molar-refractivity contribution >= 4 is 40.1 Å². The Morgan fingerprint density at radius 2 is 2.02 bits per heavy atom. The van der Waals surface area contributed by atoms with Gasteiger partial charge in [-0.2, -0.15) is 0 Å². The van der Waals surface area contributed by atoms with Gasteiger partial charge in [0.25, 0.3) is 5.56 Å². The summed E-state index contributed by atoms with van der Waals surface area (Å²) in [6, 6.07) is 8.44. The molecule has 2 aliphatic rings. The van der Waals surface area contributed by atoms with Crippen LogP contribution >= 0.6 is 23.4 Å². The highest BCUT2D eigenvalue weighted by atomic mass is 35.5. The zero-order valence-electron chi connectivity index (χ0n) is 21.8. The van der Waals surface area contributed by atoms with Gasteiger partial charge in [0.2, 0.25) is 0 Å². The number of benzene rings is 2.